The van der Waals surface area contributed by atoms with Gasteiger partial charge in [-0.05, 0) is 29.7 Å². The van der Waals surface area contributed by atoms with Crippen LogP contribution in [0.4, 0.5) is 5.69 Å². The Bertz CT molecular complexity index is 818. The second-order valence-electron chi connectivity index (χ2n) is 6.51. The van der Waals surface area contributed by atoms with E-state index in [1.807, 2.05) is 42.5 Å². The first-order chi connectivity index (χ1) is 10.8. The summed E-state index contributed by atoms with van der Waals surface area (Å²) in [5, 5.41) is 2.02. The highest BCUT2D eigenvalue weighted by molar-refractivity contribution is 6.25. The predicted octanol–water partition coefficient (Wildman–Crippen LogP) is 3.15. The Morgan fingerprint density at radius 1 is 0.818 bits per heavy atom. The van der Waals surface area contributed by atoms with Crippen molar-refractivity contribution in [2.24, 2.45) is 23.7 Å². The quantitative estimate of drug-likeness (QED) is 0.597. The molecule has 0 N–H and O–H groups in total. The maximum Gasteiger partial charge on any atom is 0.238 e. The molecule has 1 saturated heterocycles. The van der Waals surface area contributed by atoms with Gasteiger partial charge in [0.2, 0.25) is 11.8 Å². The first-order valence-electron chi connectivity index (χ1n) is 7.79. The van der Waals surface area contributed by atoms with Gasteiger partial charge in [0.25, 0.3) is 0 Å². The monoisotopic (exact) mass is 289 g/mol. The van der Waals surface area contributed by atoms with Crippen LogP contribution in [0.5, 0.6) is 0 Å². The third-order valence-electron chi connectivity index (χ3n) is 5.48. The number of amides is 2. The molecule has 4 atom stereocenters. The summed E-state index contributed by atoms with van der Waals surface area (Å²) < 4.78 is 0. The molecular weight excluding hydrogens is 274 g/mol. The molecule has 1 saturated carbocycles. The van der Waals surface area contributed by atoms with E-state index >= 15 is 0 Å². The molecule has 0 spiro atoms. The van der Waals surface area contributed by atoms with Gasteiger partial charge in [-0.2, -0.15) is 0 Å². The molecule has 3 nitrogen and oxygen atoms in total. The summed E-state index contributed by atoms with van der Waals surface area (Å²) in [5.74, 6) is 0.215. The molecule has 2 amide bonds. The Kier molecular flexibility index (Phi) is 2.25. The minimum absolute atomic E-state index is 0.0109. The highest BCUT2D eigenvalue weighted by atomic mass is 16.2. The third-order valence-corrected chi connectivity index (χ3v) is 5.48. The summed E-state index contributed by atoms with van der Waals surface area (Å²) in [6, 6.07) is 13.7. The van der Waals surface area contributed by atoms with Crippen LogP contribution in [-0.2, 0) is 9.59 Å². The van der Waals surface area contributed by atoms with Crippen LogP contribution in [-0.4, -0.2) is 11.8 Å². The zero-order valence-corrected chi connectivity index (χ0v) is 12.0. The van der Waals surface area contributed by atoms with Gasteiger partial charge in [-0.15, -0.1) is 0 Å². The van der Waals surface area contributed by atoms with E-state index in [2.05, 4.69) is 12.2 Å². The maximum atomic E-state index is 12.9. The smallest absolute Gasteiger partial charge is 0.238 e. The lowest BCUT2D eigenvalue weighted by Crippen LogP contribution is -2.33. The number of nitrogens with zero attached hydrogens (tertiary/aromatic N) is 1. The molecule has 5 rings (SSSR count). The molecule has 2 bridgehead atoms. The van der Waals surface area contributed by atoms with Gasteiger partial charge < -0.3 is 0 Å². The van der Waals surface area contributed by atoms with Gasteiger partial charge in [0.15, 0.2) is 0 Å². The molecule has 2 aliphatic carbocycles. The van der Waals surface area contributed by atoms with Gasteiger partial charge >= 0.3 is 0 Å². The lowest BCUT2D eigenvalue weighted by atomic mass is 9.85. The zero-order chi connectivity index (χ0) is 14.8. The predicted molar refractivity (Wildman–Crippen MR) is 84.2 cm³/mol. The number of rotatable bonds is 1. The number of hydrogen-bond acceptors (Lipinski definition) is 2. The second kappa shape index (κ2) is 4.07. The van der Waals surface area contributed by atoms with Gasteiger partial charge in [-0.25, -0.2) is 4.90 Å². The minimum atomic E-state index is -0.138. The molecule has 3 heteroatoms. The summed E-state index contributed by atoms with van der Waals surface area (Å²) in [6.45, 7) is 0. The molecule has 0 radical (unpaired) electrons. The van der Waals surface area contributed by atoms with Gasteiger partial charge in [0.05, 0.1) is 17.5 Å². The van der Waals surface area contributed by atoms with Crippen molar-refractivity contribution in [3.63, 3.8) is 0 Å². The van der Waals surface area contributed by atoms with E-state index in [0.717, 1.165) is 22.9 Å². The molecule has 1 aliphatic heterocycles. The van der Waals surface area contributed by atoms with Crippen LogP contribution in [0.3, 0.4) is 0 Å². The van der Waals surface area contributed by atoms with Gasteiger partial charge in [-0.1, -0.05) is 48.6 Å². The zero-order valence-electron chi connectivity index (χ0n) is 12.0. The fourth-order valence-electron chi connectivity index (χ4n) is 4.54. The Morgan fingerprint density at radius 2 is 1.45 bits per heavy atom. The fourth-order valence-corrected chi connectivity index (χ4v) is 4.54. The molecule has 2 fully saturated rings. The number of hydrogen-bond donors (Lipinski definition) is 0. The van der Waals surface area contributed by atoms with Gasteiger partial charge in [0, 0.05) is 5.39 Å². The molecule has 22 heavy (non-hydrogen) atoms. The van der Waals surface area contributed by atoms with E-state index in [4.69, 9.17) is 0 Å². The average Bonchev–Trinajstić information content (AvgIpc) is 3.21. The van der Waals surface area contributed by atoms with Crippen molar-refractivity contribution in [2.45, 2.75) is 6.42 Å². The maximum absolute atomic E-state index is 12.9. The van der Waals surface area contributed by atoms with E-state index in [1.165, 1.54) is 4.90 Å². The second-order valence-corrected chi connectivity index (χ2v) is 6.51. The van der Waals surface area contributed by atoms with E-state index in [0.29, 0.717) is 0 Å². The molecule has 3 aliphatic rings. The van der Waals surface area contributed by atoms with E-state index in [9.17, 15) is 9.59 Å². The van der Waals surface area contributed by atoms with E-state index in [1.54, 1.807) is 0 Å². The van der Waals surface area contributed by atoms with Crippen molar-refractivity contribution in [2.75, 3.05) is 4.90 Å². The summed E-state index contributed by atoms with van der Waals surface area (Å²) in [5.41, 5.74) is 0.738. The first-order valence-corrected chi connectivity index (χ1v) is 7.79. The van der Waals surface area contributed by atoms with E-state index in [-0.39, 0.29) is 35.5 Å². The lowest BCUT2D eigenvalue weighted by Gasteiger charge is -2.19. The summed E-state index contributed by atoms with van der Waals surface area (Å²) in [6.07, 6.45) is 5.23. The molecule has 0 unspecified atom stereocenters. The molecule has 2 aromatic rings. The largest absolute Gasteiger partial charge is 0.274 e. The van der Waals surface area contributed by atoms with Crippen LogP contribution < -0.4 is 4.90 Å². The SMILES string of the molecule is O=C1[C@@H]2[C@H](C(=O)N1c1cccc3ccccc13)[C@H]1C=C[C@@H]2C1. The van der Waals surface area contributed by atoms with Crippen LogP contribution in [0, 0.1) is 23.7 Å². The Morgan fingerprint density at radius 3 is 2.18 bits per heavy atom. The highest BCUT2D eigenvalue weighted by Crippen LogP contribution is 2.53. The average molecular weight is 289 g/mol. The summed E-state index contributed by atoms with van der Waals surface area (Å²) in [4.78, 5) is 27.3. The number of allylic oxidation sites excluding steroid dienone is 2. The van der Waals surface area contributed by atoms with E-state index < -0.39 is 0 Å². The van der Waals surface area contributed by atoms with Crippen LogP contribution >= 0.6 is 0 Å². The Labute approximate surface area is 128 Å². The van der Waals surface area contributed by atoms with Crippen molar-refractivity contribution in [3.8, 4) is 0 Å². The van der Waals surface area contributed by atoms with Crippen molar-refractivity contribution < 1.29 is 9.59 Å². The number of benzene rings is 2. The normalized spacial score (nSPS) is 32.3. The standard InChI is InChI=1S/C19H15NO2/c21-18-16-12-8-9-13(10-12)17(16)19(22)20(18)15-7-3-5-11-4-1-2-6-14(11)15/h1-9,12-13,16-17H,10H2/t12-,13+,16+,17-. The topological polar surface area (TPSA) is 37.4 Å². The molecule has 2 aromatic carbocycles. The summed E-state index contributed by atoms with van der Waals surface area (Å²) >= 11 is 0. The van der Waals surface area contributed by atoms with Crippen LogP contribution in [0.2, 0.25) is 0 Å². The molecule has 108 valence electrons. The Hall–Kier alpha value is -2.42. The van der Waals surface area contributed by atoms with Crippen molar-refractivity contribution in [3.05, 3.63) is 54.6 Å². The fraction of sp³-hybridized carbons (Fsp3) is 0.263. The van der Waals surface area contributed by atoms with Crippen LogP contribution in [0.25, 0.3) is 10.8 Å². The minimum Gasteiger partial charge on any atom is -0.274 e. The summed E-state index contributed by atoms with van der Waals surface area (Å²) in [7, 11) is 0. The highest BCUT2D eigenvalue weighted by Gasteiger charge is 2.59. The number of fused-ring (bicyclic) bond motifs is 6. The van der Waals surface area contributed by atoms with Crippen molar-refractivity contribution in [1.29, 1.82) is 0 Å². The number of carbonyl (C=O) groups is 2. The molecule has 1 heterocycles. The van der Waals surface area contributed by atoms with Crippen LogP contribution in [0.15, 0.2) is 54.6 Å². The third kappa shape index (κ3) is 1.36. The van der Waals surface area contributed by atoms with Crippen molar-refractivity contribution >= 4 is 28.3 Å². The number of anilines is 1. The molecule has 0 aromatic heterocycles. The Balaban J connectivity index is 1.67. The van der Waals surface area contributed by atoms with Crippen molar-refractivity contribution in [1.82, 2.24) is 0 Å². The number of carbonyl (C=O) groups excluding carboxylic acids is 2. The lowest BCUT2D eigenvalue weighted by molar-refractivity contribution is -0.123. The van der Waals surface area contributed by atoms with Crippen LogP contribution in [0.1, 0.15) is 6.42 Å². The number of imide groups is 1. The van der Waals surface area contributed by atoms with Gasteiger partial charge in [-0.3, -0.25) is 9.59 Å². The first kappa shape index (κ1) is 12.2. The molecular formula is C19H15NO2. The van der Waals surface area contributed by atoms with Gasteiger partial charge in [0.1, 0.15) is 0 Å².